The highest BCUT2D eigenvalue weighted by atomic mass is 19.1. The highest BCUT2D eigenvalue weighted by molar-refractivity contribution is 5.84. The van der Waals surface area contributed by atoms with Gasteiger partial charge >= 0.3 is 0 Å². The van der Waals surface area contributed by atoms with E-state index in [0.29, 0.717) is 6.54 Å². The van der Waals surface area contributed by atoms with Crippen molar-refractivity contribution in [2.24, 2.45) is 5.73 Å². The number of rotatable bonds is 8. The third-order valence-electron chi connectivity index (χ3n) is 3.23. The van der Waals surface area contributed by atoms with Crippen LogP contribution >= 0.6 is 0 Å². The molecular formula is C15H22F2N2O2. The van der Waals surface area contributed by atoms with E-state index in [1.54, 1.807) is 13.8 Å². The largest absolute Gasteiger partial charge is 0.488 e. The zero-order valence-corrected chi connectivity index (χ0v) is 12.6. The van der Waals surface area contributed by atoms with Crippen LogP contribution in [0.4, 0.5) is 8.78 Å². The summed E-state index contributed by atoms with van der Waals surface area (Å²) >= 11 is 0. The summed E-state index contributed by atoms with van der Waals surface area (Å²) in [5, 5.41) is 3.08. The summed E-state index contributed by atoms with van der Waals surface area (Å²) in [6.07, 6.45) is 0.663. The Morgan fingerprint density at radius 2 is 2.14 bits per heavy atom. The fraction of sp³-hybridized carbons (Fsp3) is 0.533. The molecule has 0 bridgehead atoms. The fourth-order valence-electron chi connectivity index (χ4n) is 2.06. The number of carbonyl (C=O) groups excluding carboxylic acids is 1. The number of amides is 1. The van der Waals surface area contributed by atoms with E-state index in [9.17, 15) is 13.6 Å². The van der Waals surface area contributed by atoms with Gasteiger partial charge in [0.05, 0.1) is 11.6 Å². The molecule has 3 N–H and O–H groups in total. The summed E-state index contributed by atoms with van der Waals surface area (Å²) in [5.41, 5.74) is 4.48. The average Bonchev–Trinajstić information content (AvgIpc) is 2.39. The van der Waals surface area contributed by atoms with Gasteiger partial charge in [0.1, 0.15) is 5.82 Å². The number of ether oxygens (including phenoxy) is 1. The van der Waals surface area contributed by atoms with E-state index >= 15 is 0 Å². The first-order valence-corrected chi connectivity index (χ1v) is 6.95. The Labute approximate surface area is 123 Å². The smallest absolute Gasteiger partial charge is 0.237 e. The second kappa shape index (κ2) is 7.36. The minimum Gasteiger partial charge on any atom is -0.488 e. The Bertz CT molecular complexity index is 497. The number of nitrogens with one attached hydrogen (secondary N) is 1. The van der Waals surface area contributed by atoms with Gasteiger partial charge in [-0.05, 0) is 38.9 Å². The Balaban J connectivity index is 2.73. The van der Waals surface area contributed by atoms with Gasteiger partial charge in [0.2, 0.25) is 5.91 Å². The SMILES string of the molecule is CCCNC(C)(CC(C)Oc1ccc(F)cc1F)C(N)=O. The Kier molecular flexibility index (Phi) is 6.08. The van der Waals surface area contributed by atoms with Gasteiger partial charge in [0.15, 0.2) is 11.6 Å². The van der Waals surface area contributed by atoms with E-state index in [0.717, 1.165) is 18.6 Å². The van der Waals surface area contributed by atoms with Crippen molar-refractivity contribution in [3.8, 4) is 5.75 Å². The zero-order valence-electron chi connectivity index (χ0n) is 12.6. The van der Waals surface area contributed by atoms with Crippen LogP contribution in [-0.2, 0) is 4.79 Å². The lowest BCUT2D eigenvalue weighted by Crippen LogP contribution is -2.55. The first kappa shape index (κ1) is 17.4. The van der Waals surface area contributed by atoms with Crippen LogP contribution in [0.5, 0.6) is 5.75 Å². The van der Waals surface area contributed by atoms with Crippen molar-refractivity contribution in [2.45, 2.75) is 45.3 Å². The van der Waals surface area contributed by atoms with E-state index in [2.05, 4.69) is 5.32 Å². The normalized spacial score (nSPS) is 15.3. The van der Waals surface area contributed by atoms with Crippen molar-refractivity contribution in [3.63, 3.8) is 0 Å². The van der Waals surface area contributed by atoms with Gasteiger partial charge in [0.25, 0.3) is 0 Å². The van der Waals surface area contributed by atoms with E-state index in [-0.39, 0.29) is 12.2 Å². The molecule has 1 rings (SSSR count). The average molecular weight is 300 g/mol. The summed E-state index contributed by atoms with van der Waals surface area (Å²) in [4.78, 5) is 11.6. The third kappa shape index (κ3) is 4.97. The molecule has 0 aliphatic heterocycles. The highest BCUT2D eigenvalue weighted by Crippen LogP contribution is 2.22. The summed E-state index contributed by atoms with van der Waals surface area (Å²) < 4.78 is 31.8. The molecule has 1 aromatic rings. The van der Waals surface area contributed by atoms with Gasteiger partial charge in [-0.15, -0.1) is 0 Å². The number of primary amides is 1. The predicted octanol–water partition coefficient (Wildman–Crippen LogP) is 2.37. The molecule has 4 nitrogen and oxygen atoms in total. The fourth-order valence-corrected chi connectivity index (χ4v) is 2.06. The minimum absolute atomic E-state index is 0.0498. The molecule has 0 saturated heterocycles. The predicted molar refractivity (Wildman–Crippen MR) is 77.0 cm³/mol. The summed E-state index contributed by atoms with van der Waals surface area (Å²) in [6, 6.07) is 3.10. The number of carbonyl (C=O) groups is 1. The van der Waals surface area contributed by atoms with E-state index in [4.69, 9.17) is 10.5 Å². The molecule has 0 aliphatic carbocycles. The van der Waals surface area contributed by atoms with Crippen LogP contribution in [0.15, 0.2) is 18.2 Å². The lowest BCUT2D eigenvalue weighted by molar-refractivity contribution is -0.124. The number of nitrogens with two attached hydrogens (primary N) is 1. The molecule has 0 aromatic heterocycles. The monoisotopic (exact) mass is 300 g/mol. The third-order valence-corrected chi connectivity index (χ3v) is 3.23. The van der Waals surface area contributed by atoms with Crippen molar-refractivity contribution >= 4 is 5.91 Å². The zero-order chi connectivity index (χ0) is 16.0. The van der Waals surface area contributed by atoms with Gasteiger partial charge in [0, 0.05) is 12.5 Å². The van der Waals surface area contributed by atoms with Crippen molar-refractivity contribution in [2.75, 3.05) is 6.54 Å². The lowest BCUT2D eigenvalue weighted by Gasteiger charge is -2.30. The molecule has 1 amide bonds. The number of hydrogen-bond acceptors (Lipinski definition) is 3. The van der Waals surface area contributed by atoms with E-state index in [1.165, 1.54) is 6.07 Å². The Morgan fingerprint density at radius 1 is 1.48 bits per heavy atom. The maximum atomic E-state index is 13.5. The van der Waals surface area contributed by atoms with E-state index < -0.39 is 29.2 Å². The summed E-state index contributed by atoms with van der Waals surface area (Å²) in [5.74, 6) is -1.99. The topological polar surface area (TPSA) is 64.3 Å². The van der Waals surface area contributed by atoms with E-state index in [1.807, 2.05) is 6.92 Å². The van der Waals surface area contributed by atoms with Crippen LogP contribution in [0.1, 0.15) is 33.6 Å². The van der Waals surface area contributed by atoms with Crippen LogP contribution < -0.4 is 15.8 Å². The number of hydrogen-bond donors (Lipinski definition) is 2. The van der Waals surface area contributed by atoms with Gasteiger partial charge in [-0.1, -0.05) is 6.92 Å². The van der Waals surface area contributed by atoms with Crippen LogP contribution in [-0.4, -0.2) is 24.1 Å². The van der Waals surface area contributed by atoms with Gasteiger partial charge in [-0.25, -0.2) is 8.78 Å². The van der Waals surface area contributed by atoms with Crippen LogP contribution in [0.2, 0.25) is 0 Å². The highest BCUT2D eigenvalue weighted by Gasteiger charge is 2.33. The Hall–Kier alpha value is -1.69. The quantitative estimate of drug-likeness (QED) is 0.774. The molecule has 0 aliphatic rings. The maximum Gasteiger partial charge on any atom is 0.237 e. The van der Waals surface area contributed by atoms with Gasteiger partial charge < -0.3 is 15.8 Å². The molecule has 21 heavy (non-hydrogen) atoms. The first-order chi connectivity index (χ1) is 9.78. The Morgan fingerprint density at radius 3 is 2.67 bits per heavy atom. The molecule has 118 valence electrons. The standard InChI is InChI=1S/C15H22F2N2O2/c1-4-7-19-15(3,14(18)20)9-10(2)21-13-6-5-11(16)8-12(13)17/h5-6,8,10,19H,4,7,9H2,1-3H3,(H2,18,20). The van der Waals surface area contributed by atoms with Crippen molar-refractivity contribution < 1.29 is 18.3 Å². The summed E-state index contributed by atoms with van der Waals surface area (Å²) in [6.45, 7) is 6.00. The molecule has 6 heteroatoms. The number of benzene rings is 1. The summed E-state index contributed by atoms with van der Waals surface area (Å²) in [7, 11) is 0. The van der Waals surface area contributed by atoms with Crippen molar-refractivity contribution in [3.05, 3.63) is 29.8 Å². The van der Waals surface area contributed by atoms with Crippen LogP contribution in [0, 0.1) is 11.6 Å². The first-order valence-electron chi connectivity index (χ1n) is 6.95. The van der Waals surface area contributed by atoms with Crippen molar-refractivity contribution in [1.29, 1.82) is 0 Å². The molecular weight excluding hydrogens is 278 g/mol. The molecule has 0 saturated carbocycles. The maximum absolute atomic E-state index is 13.5. The minimum atomic E-state index is -0.939. The second-order valence-corrected chi connectivity index (χ2v) is 5.33. The van der Waals surface area contributed by atoms with Crippen LogP contribution in [0.3, 0.4) is 0 Å². The molecule has 0 radical (unpaired) electrons. The second-order valence-electron chi connectivity index (χ2n) is 5.33. The molecule has 0 fully saturated rings. The van der Waals surface area contributed by atoms with Gasteiger partial charge in [-0.3, -0.25) is 4.79 Å². The van der Waals surface area contributed by atoms with Crippen molar-refractivity contribution in [1.82, 2.24) is 5.32 Å². The molecule has 0 spiro atoms. The van der Waals surface area contributed by atoms with Crippen LogP contribution in [0.25, 0.3) is 0 Å². The van der Waals surface area contributed by atoms with Gasteiger partial charge in [-0.2, -0.15) is 0 Å². The molecule has 2 atom stereocenters. The molecule has 0 heterocycles. The number of halogens is 2. The lowest BCUT2D eigenvalue weighted by atomic mass is 9.93. The molecule has 2 unspecified atom stereocenters. The molecule has 1 aromatic carbocycles.